The van der Waals surface area contributed by atoms with Crippen LogP contribution in [0.5, 0.6) is 5.75 Å². The molecule has 1 N–H and O–H groups in total. The summed E-state index contributed by atoms with van der Waals surface area (Å²) >= 11 is 1.21. The largest absolute Gasteiger partial charge is 0.497 e. The van der Waals surface area contributed by atoms with E-state index in [0.717, 1.165) is 5.52 Å². The number of aromatic nitrogens is 1. The molecule has 0 aliphatic rings. The molecule has 10 heteroatoms. The second kappa shape index (κ2) is 9.16. The number of carbonyl (C=O) groups excluding carboxylic acids is 1. The Hall–Kier alpha value is -3.50. The van der Waals surface area contributed by atoms with E-state index in [0.29, 0.717) is 21.8 Å². The van der Waals surface area contributed by atoms with Crippen LogP contribution in [0, 0.1) is 5.82 Å². The summed E-state index contributed by atoms with van der Waals surface area (Å²) in [5.74, 6) is -0.354. The van der Waals surface area contributed by atoms with E-state index in [-0.39, 0.29) is 22.0 Å². The van der Waals surface area contributed by atoms with Crippen LogP contribution >= 0.6 is 11.3 Å². The van der Waals surface area contributed by atoms with E-state index in [1.54, 1.807) is 36.4 Å². The lowest BCUT2D eigenvalue weighted by Gasteiger charge is -2.09. The molecule has 0 unspecified atom stereocenters. The van der Waals surface area contributed by atoms with Crippen LogP contribution in [0.2, 0.25) is 0 Å². The molecular weight excluding hydrogens is 465 g/mol. The van der Waals surface area contributed by atoms with Gasteiger partial charge >= 0.3 is 0 Å². The van der Waals surface area contributed by atoms with Crippen molar-refractivity contribution in [1.29, 1.82) is 0 Å². The van der Waals surface area contributed by atoms with Crippen molar-refractivity contribution in [3.63, 3.8) is 0 Å². The number of methoxy groups -OCH3 is 1. The minimum atomic E-state index is -3.86. The standard InChI is InChI=1S/C23H20FN3O4S2/c1-3-27-20-12-7-16(24)14-21(20)32-23(27)25-22(28)15-5-4-6-17(13-15)26-33(29,30)19-10-8-18(31-2)9-11-19/h4-14,26H,3H2,1-2H3. The fraction of sp³-hybridized carbons (Fsp3) is 0.130. The number of aryl methyl sites for hydroxylation is 1. The zero-order valence-electron chi connectivity index (χ0n) is 17.8. The Morgan fingerprint density at radius 1 is 1.12 bits per heavy atom. The summed E-state index contributed by atoms with van der Waals surface area (Å²) in [6.45, 7) is 2.47. The summed E-state index contributed by atoms with van der Waals surface area (Å²) in [4.78, 5) is 17.6. The molecule has 1 amide bonds. The average molecular weight is 486 g/mol. The van der Waals surface area contributed by atoms with Crippen LogP contribution in [0.1, 0.15) is 17.3 Å². The number of benzene rings is 3. The Bertz CT molecular complexity index is 1510. The van der Waals surface area contributed by atoms with E-state index in [1.165, 1.54) is 48.8 Å². The van der Waals surface area contributed by atoms with Gasteiger partial charge in [-0.25, -0.2) is 12.8 Å². The normalized spacial score (nSPS) is 12.2. The van der Waals surface area contributed by atoms with Crippen molar-refractivity contribution in [3.8, 4) is 5.75 Å². The fourth-order valence-electron chi connectivity index (χ4n) is 3.27. The van der Waals surface area contributed by atoms with Gasteiger partial charge in [-0.15, -0.1) is 0 Å². The average Bonchev–Trinajstić information content (AvgIpc) is 3.14. The predicted octanol–water partition coefficient (Wildman–Crippen LogP) is 4.41. The van der Waals surface area contributed by atoms with Crippen molar-refractivity contribution in [3.05, 3.63) is 82.9 Å². The smallest absolute Gasteiger partial charge is 0.279 e. The number of halogens is 1. The number of ether oxygens (including phenoxy) is 1. The van der Waals surface area contributed by atoms with Gasteiger partial charge in [0.1, 0.15) is 11.6 Å². The molecule has 33 heavy (non-hydrogen) atoms. The van der Waals surface area contributed by atoms with Gasteiger partial charge in [-0.05, 0) is 67.6 Å². The highest BCUT2D eigenvalue weighted by Gasteiger charge is 2.16. The molecular formula is C23H20FN3O4S2. The fourth-order valence-corrected chi connectivity index (χ4v) is 5.44. The Kier molecular flexibility index (Phi) is 6.30. The predicted molar refractivity (Wildman–Crippen MR) is 126 cm³/mol. The molecule has 1 heterocycles. The van der Waals surface area contributed by atoms with Gasteiger partial charge in [-0.2, -0.15) is 4.99 Å². The first kappa shape index (κ1) is 22.7. The third-order valence-corrected chi connectivity index (χ3v) is 7.33. The highest BCUT2D eigenvalue weighted by molar-refractivity contribution is 7.92. The molecule has 0 aliphatic carbocycles. The second-order valence-corrected chi connectivity index (χ2v) is 9.71. The van der Waals surface area contributed by atoms with Crippen molar-refractivity contribution in [2.45, 2.75) is 18.4 Å². The summed E-state index contributed by atoms with van der Waals surface area (Å²) < 4.78 is 49.0. The Balaban J connectivity index is 1.64. The van der Waals surface area contributed by atoms with Crippen LogP contribution in [-0.2, 0) is 16.6 Å². The van der Waals surface area contributed by atoms with Gasteiger partial charge in [0.05, 0.1) is 22.2 Å². The number of anilines is 1. The number of hydrogen-bond donors (Lipinski definition) is 1. The van der Waals surface area contributed by atoms with Crippen LogP contribution in [0.15, 0.2) is 76.6 Å². The number of carbonyl (C=O) groups is 1. The lowest BCUT2D eigenvalue weighted by Crippen LogP contribution is -2.16. The summed E-state index contributed by atoms with van der Waals surface area (Å²) in [5, 5.41) is 0. The van der Waals surface area contributed by atoms with Crippen LogP contribution in [0.4, 0.5) is 10.1 Å². The van der Waals surface area contributed by atoms with Gasteiger partial charge in [0, 0.05) is 17.8 Å². The van der Waals surface area contributed by atoms with Gasteiger partial charge in [0.15, 0.2) is 4.80 Å². The molecule has 0 bridgehead atoms. The monoisotopic (exact) mass is 485 g/mol. The van der Waals surface area contributed by atoms with E-state index >= 15 is 0 Å². The van der Waals surface area contributed by atoms with Crippen molar-refractivity contribution < 1.29 is 22.3 Å². The molecule has 0 fully saturated rings. The van der Waals surface area contributed by atoms with Gasteiger partial charge in [0.2, 0.25) is 0 Å². The molecule has 4 rings (SSSR count). The molecule has 0 aliphatic heterocycles. The number of fused-ring (bicyclic) bond motifs is 1. The Labute approximate surface area is 193 Å². The lowest BCUT2D eigenvalue weighted by atomic mass is 10.2. The molecule has 7 nitrogen and oxygen atoms in total. The minimum Gasteiger partial charge on any atom is -0.497 e. The summed E-state index contributed by atoms with van der Waals surface area (Å²) in [7, 11) is -2.36. The Morgan fingerprint density at radius 3 is 2.58 bits per heavy atom. The first-order valence-electron chi connectivity index (χ1n) is 9.95. The van der Waals surface area contributed by atoms with Gasteiger partial charge in [-0.1, -0.05) is 17.4 Å². The van der Waals surface area contributed by atoms with Gasteiger partial charge in [-0.3, -0.25) is 9.52 Å². The maximum absolute atomic E-state index is 13.6. The van der Waals surface area contributed by atoms with E-state index in [1.807, 2.05) is 11.5 Å². The molecule has 3 aromatic carbocycles. The van der Waals surface area contributed by atoms with E-state index < -0.39 is 15.9 Å². The maximum Gasteiger partial charge on any atom is 0.279 e. The van der Waals surface area contributed by atoms with Gasteiger partial charge in [0.25, 0.3) is 15.9 Å². The van der Waals surface area contributed by atoms with Crippen LogP contribution in [0.25, 0.3) is 10.2 Å². The van der Waals surface area contributed by atoms with Crippen LogP contribution in [0.3, 0.4) is 0 Å². The number of amides is 1. The first-order chi connectivity index (χ1) is 15.8. The number of nitrogens with one attached hydrogen (secondary N) is 1. The summed E-state index contributed by atoms with van der Waals surface area (Å²) in [6, 6.07) is 16.5. The van der Waals surface area contributed by atoms with E-state index in [2.05, 4.69) is 9.71 Å². The van der Waals surface area contributed by atoms with Crippen molar-refractivity contribution in [2.24, 2.45) is 4.99 Å². The molecule has 0 spiro atoms. The maximum atomic E-state index is 13.6. The van der Waals surface area contributed by atoms with Gasteiger partial charge < -0.3 is 9.30 Å². The van der Waals surface area contributed by atoms with Crippen molar-refractivity contribution in [2.75, 3.05) is 11.8 Å². The summed E-state index contributed by atoms with van der Waals surface area (Å²) in [6.07, 6.45) is 0. The lowest BCUT2D eigenvalue weighted by molar-refractivity contribution is 0.0998. The Morgan fingerprint density at radius 2 is 1.88 bits per heavy atom. The van der Waals surface area contributed by atoms with E-state index in [9.17, 15) is 17.6 Å². The second-order valence-electron chi connectivity index (χ2n) is 7.02. The highest BCUT2D eigenvalue weighted by atomic mass is 32.2. The molecule has 4 aromatic rings. The number of rotatable bonds is 6. The number of hydrogen-bond acceptors (Lipinski definition) is 5. The molecule has 0 saturated carbocycles. The summed E-state index contributed by atoms with van der Waals surface area (Å²) in [5.41, 5.74) is 1.24. The number of thiazole rings is 1. The van der Waals surface area contributed by atoms with Crippen molar-refractivity contribution >= 4 is 43.2 Å². The minimum absolute atomic E-state index is 0.0613. The number of sulfonamides is 1. The quantitative estimate of drug-likeness (QED) is 0.438. The first-order valence-corrected chi connectivity index (χ1v) is 12.3. The third-order valence-electron chi connectivity index (χ3n) is 4.89. The van der Waals surface area contributed by atoms with Crippen LogP contribution < -0.4 is 14.3 Å². The molecule has 0 radical (unpaired) electrons. The molecule has 1 aromatic heterocycles. The van der Waals surface area contributed by atoms with E-state index in [4.69, 9.17) is 4.74 Å². The molecule has 0 atom stereocenters. The topological polar surface area (TPSA) is 89.8 Å². The van der Waals surface area contributed by atoms with Crippen LogP contribution in [-0.4, -0.2) is 26.0 Å². The highest BCUT2D eigenvalue weighted by Crippen LogP contribution is 2.21. The third kappa shape index (κ3) is 4.81. The molecule has 0 saturated heterocycles. The molecule has 170 valence electrons. The zero-order valence-corrected chi connectivity index (χ0v) is 19.4. The number of nitrogens with zero attached hydrogens (tertiary/aromatic N) is 2. The SMILES string of the molecule is CCn1c(=NC(=O)c2cccc(NS(=O)(=O)c3ccc(OC)cc3)c2)sc2cc(F)ccc21. The zero-order chi connectivity index (χ0) is 23.6. The van der Waals surface area contributed by atoms with Crippen molar-refractivity contribution in [1.82, 2.24) is 4.57 Å².